The molecule has 2 heterocycles. The number of thiazole rings is 1. The Labute approximate surface area is 114 Å². The minimum absolute atomic E-state index is 0.0452. The van der Waals surface area contributed by atoms with E-state index in [4.69, 9.17) is 0 Å². The van der Waals surface area contributed by atoms with Crippen LogP contribution in [0.25, 0.3) is 17.1 Å². The summed E-state index contributed by atoms with van der Waals surface area (Å²) < 4.78 is 1.57. The second-order valence-corrected chi connectivity index (χ2v) is 5.35. The normalized spacial score (nSPS) is 11.4. The van der Waals surface area contributed by atoms with E-state index in [1.165, 1.54) is 23.0 Å². The van der Waals surface area contributed by atoms with Crippen molar-refractivity contribution in [3.8, 4) is 0 Å². The van der Waals surface area contributed by atoms with Gasteiger partial charge in [0.2, 0.25) is 0 Å². The van der Waals surface area contributed by atoms with Crippen LogP contribution < -0.4 is 5.56 Å². The average Bonchev–Trinajstić information content (AvgIpc) is 2.83. The highest BCUT2D eigenvalue weighted by molar-refractivity contribution is 7.17. The molecule has 0 aliphatic carbocycles. The highest BCUT2D eigenvalue weighted by Gasteiger charge is 2.00. The van der Waals surface area contributed by atoms with Crippen molar-refractivity contribution in [3.05, 3.63) is 69.1 Å². The Balaban J connectivity index is 1.95. The van der Waals surface area contributed by atoms with E-state index in [1.54, 1.807) is 10.6 Å². The van der Waals surface area contributed by atoms with Gasteiger partial charge in [-0.2, -0.15) is 0 Å². The summed E-state index contributed by atoms with van der Waals surface area (Å²) in [7, 11) is 0. The molecule has 0 amide bonds. The maximum absolute atomic E-state index is 11.6. The van der Waals surface area contributed by atoms with Gasteiger partial charge in [0.05, 0.1) is 0 Å². The summed E-state index contributed by atoms with van der Waals surface area (Å²) in [6.45, 7) is 2.07. The van der Waals surface area contributed by atoms with Crippen LogP contribution in [0.4, 0.5) is 0 Å². The number of hydrogen-bond donors (Lipinski definition) is 0. The molecule has 0 unspecified atom stereocenters. The highest BCUT2D eigenvalue weighted by Crippen LogP contribution is 2.17. The molecule has 0 aliphatic rings. The Kier molecular flexibility index (Phi) is 3.01. The summed E-state index contributed by atoms with van der Waals surface area (Å²) >= 11 is 1.50. The predicted molar refractivity (Wildman–Crippen MR) is 79.4 cm³/mol. The maximum Gasteiger partial charge on any atom is 0.258 e. The summed E-state index contributed by atoms with van der Waals surface area (Å²) in [5, 5.41) is 0. The van der Waals surface area contributed by atoms with Crippen LogP contribution in [0.3, 0.4) is 0 Å². The molecule has 4 heteroatoms. The van der Waals surface area contributed by atoms with Crippen molar-refractivity contribution in [1.29, 1.82) is 0 Å². The Bertz CT molecular complexity index is 797. The zero-order chi connectivity index (χ0) is 13.2. The smallest absolute Gasteiger partial charge is 0.258 e. The van der Waals surface area contributed by atoms with Gasteiger partial charge in [0, 0.05) is 23.3 Å². The van der Waals surface area contributed by atoms with Gasteiger partial charge in [-0.05, 0) is 18.6 Å². The van der Waals surface area contributed by atoms with Gasteiger partial charge in [-0.25, -0.2) is 4.98 Å². The fraction of sp³-hybridized carbons (Fsp3) is 0.0667. The van der Waals surface area contributed by atoms with Crippen LogP contribution in [0, 0.1) is 6.92 Å². The molecule has 3 nitrogen and oxygen atoms in total. The van der Waals surface area contributed by atoms with Gasteiger partial charge >= 0.3 is 0 Å². The van der Waals surface area contributed by atoms with Crippen molar-refractivity contribution in [2.24, 2.45) is 0 Å². The summed E-state index contributed by atoms with van der Waals surface area (Å²) in [6.07, 6.45) is 7.40. The van der Waals surface area contributed by atoms with E-state index in [0.717, 1.165) is 15.4 Å². The molecular formula is C15H12N2OS. The third-order valence-corrected chi connectivity index (χ3v) is 3.79. The number of rotatable bonds is 2. The molecule has 0 fully saturated rings. The minimum Gasteiger partial charge on any atom is -0.269 e. The van der Waals surface area contributed by atoms with Gasteiger partial charge in [-0.3, -0.25) is 9.20 Å². The first-order valence-electron chi connectivity index (χ1n) is 5.94. The van der Waals surface area contributed by atoms with Crippen molar-refractivity contribution in [1.82, 2.24) is 9.38 Å². The maximum atomic E-state index is 11.6. The minimum atomic E-state index is -0.0452. The van der Waals surface area contributed by atoms with Gasteiger partial charge < -0.3 is 0 Å². The van der Waals surface area contributed by atoms with Crippen LogP contribution in [-0.2, 0) is 0 Å². The molecule has 0 N–H and O–H groups in total. The highest BCUT2D eigenvalue weighted by atomic mass is 32.1. The monoisotopic (exact) mass is 268 g/mol. The Hall–Kier alpha value is -2.20. The lowest BCUT2D eigenvalue weighted by molar-refractivity contribution is 1.08. The molecule has 0 aliphatic heterocycles. The molecule has 19 heavy (non-hydrogen) atoms. The molecule has 0 radical (unpaired) electrons. The van der Waals surface area contributed by atoms with E-state index >= 15 is 0 Å². The van der Waals surface area contributed by atoms with Crippen LogP contribution in [0.15, 0.2) is 47.5 Å². The molecular weight excluding hydrogens is 256 g/mol. The molecule has 0 saturated carbocycles. The van der Waals surface area contributed by atoms with Crippen molar-refractivity contribution in [3.63, 3.8) is 0 Å². The second-order valence-electron chi connectivity index (χ2n) is 4.31. The molecule has 0 bridgehead atoms. The molecule has 0 atom stereocenters. The SMILES string of the molecule is Cc1ccc(C=Cc2cn3c(=O)ccnc3s2)cc1. The Morgan fingerprint density at radius 2 is 1.95 bits per heavy atom. The van der Waals surface area contributed by atoms with E-state index in [0.29, 0.717) is 0 Å². The van der Waals surface area contributed by atoms with Crippen LogP contribution in [0.5, 0.6) is 0 Å². The third kappa shape index (κ3) is 2.48. The first-order chi connectivity index (χ1) is 9.22. The Morgan fingerprint density at radius 1 is 1.16 bits per heavy atom. The Morgan fingerprint density at radius 3 is 2.68 bits per heavy atom. The average molecular weight is 268 g/mol. The first-order valence-corrected chi connectivity index (χ1v) is 6.76. The van der Waals surface area contributed by atoms with E-state index in [2.05, 4.69) is 36.2 Å². The largest absolute Gasteiger partial charge is 0.269 e. The number of aryl methyl sites for hydroxylation is 1. The molecule has 1 aromatic carbocycles. The quantitative estimate of drug-likeness (QED) is 0.715. The lowest BCUT2D eigenvalue weighted by Crippen LogP contribution is -2.09. The molecule has 0 spiro atoms. The van der Waals surface area contributed by atoms with Gasteiger partial charge in [0.15, 0.2) is 4.96 Å². The van der Waals surface area contributed by atoms with E-state index in [1.807, 2.05) is 18.3 Å². The topological polar surface area (TPSA) is 34.4 Å². The summed E-state index contributed by atoms with van der Waals surface area (Å²) in [6, 6.07) is 9.77. The third-order valence-electron chi connectivity index (χ3n) is 2.83. The van der Waals surface area contributed by atoms with Crippen molar-refractivity contribution < 1.29 is 0 Å². The fourth-order valence-electron chi connectivity index (χ4n) is 1.79. The number of nitrogens with zero attached hydrogens (tertiary/aromatic N) is 2. The number of aromatic nitrogens is 2. The number of fused-ring (bicyclic) bond motifs is 1. The molecule has 0 saturated heterocycles. The summed E-state index contributed by atoms with van der Waals surface area (Å²) in [5.74, 6) is 0. The van der Waals surface area contributed by atoms with Crippen molar-refractivity contribution in [2.75, 3.05) is 0 Å². The van der Waals surface area contributed by atoms with Crippen LogP contribution in [-0.4, -0.2) is 9.38 Å². The van der Waals surface area contributed by atoms with Crippen LogP contribution >= 0.6 is 11.3 Å². The lowest BCUT2D eigenvalue weighted by Gasteiger charge is -1.93. The van der Waals surface area contributed by atoms with E-state index in [-0.39, 0.29) is 5.56 Å². The molecule has 3 rings (SSSR count). The molecule has 94 valence electrons. The fourth-order valence-corrected chi connectivity index (χ4v) is 2.65. The zero-order valence-electron chi connectivity index (χ0n) is 10.4. The van der Waals surface area contributed by atoms with Gasteiger partial charge in [-0.1, -0.05) is 47.2 Å². The van der Waals surface area contributed by atoms with Crippen molar-refractivity contribution in [2.45, 2.75) is 6.92 Å². The summed E-state index contributed by atoms with van der Waals surface area (Å²) in [5.41, 5.74) is 2.34. The van der Waals surface area contributed by atoms with Gasteiger partial charge in [-0.15, -0.1) is 0 Å². The molecule has 2 aromatic heterocycles. The number of benzene rings is 1. The van der Waals surface area contributed by atoms with Gasteiger partial charge in [0.1, 0.15) is 0 Å². The van der Waals surface area contributed by atoms with E-state index < -0.39 is 0 Å². The first kappa shape index (κ1) is 11.9. The van der Waals surface area contributed by atoms with Crippen LogP contribution in [0.1, 0.15) is 16.0 Å². The van der Waals surface area contributed by atoms with E-state index in [9.17, 15) is 4.79 Å². The predicted octanol–water partition coefficient (Wildman–Crippen LogP) is 3.23. The summed E-state index contributed by atoms with van der Waals surface area (Å²) in [4.78, 5) is 17.5. The zero-order valence-corrected chi connectivity index (χ0v) is 11.2. The second kappa shape index (κ2) is 4.82. The van der Waals surface area contributed by atoms with Gasteiger partial charge in [0.25, 0.3) is 5.56 Å². The van der Waals surface area contributed by atoms with Crippen LogP contribution in [0.2, 0.25) is 0 Å². The molecule has 3 aromatic rings. The standard InChI is InChI=1S/C15H12N2OS/c1-11-2-4-12(5-3-11)6-7-13-10-17-14(18)8-9-16-15(17)19-13/h2-10H,1H3. The number of hydrogen-bond acceptors (Lipinski definition) is 3. The van der Waals surface area contributed by atoms with Crippen molar-refractivity contribution >= 4 is 28.4 Å². The lowest BCUT2D eigenvalue weighted by atomic mass is 10.1.